The molecule has 4 rings (SSSR count). The molecule has 4 aromatic rings. The Labute approximate surface area is 177 Å². The number of carbonyl (C=O) groups excluding carboxylic acids is 1. The van der Waals surface area contributed by atoms with Gasteiger partial charge in [-0.2, -0.15) is 0 Å². The Morgan fingerprint density at radius 1 is 1.03 bits per heavy atom. The quantitative estimate of drug-likeness (QED) is 0.472. The molecule has 0 spiro atoms. The van der Waals surface area contributed by atoms with Crippen molar-refractivity contribution in [3.63, 3.8) is 0 Å². The minimum absolute atomic E-state index is 0.138. The summed E-state index contributed by atoms with van der Waals surface area (Å²) in [5, 5.41) is 3.04. The van der Waals surface area contributed by atoms with Crippen molar-refractivity contribution in [1.82, 2.24) is 9.38 Å². The third-order valence-electron chi connectivity index (χ3n) is 5.38. The lowest BCUT2D eigenvalue weighted by Gasteiger charge is -2.22. The van der Waals surface area contributed by atoms with Gasteiger partial charge < -0.3 is 14.6 Å². The third-order valence-corrected chi connectivity index (χ3v) is 5.38. The topological polar surface area (TPSA) is 49.6 Å². The van der Waals surface area contributed by atoms with Crippen molar-refractivity contribution in [3.05, 3.63) is 84.2 Å². The first kappa shape index (κ1) is 19.7. The molecule has 30 heavy (non-hydrogen) atoms. The second-order valence-electron chi connectivity index (χ2n) is 7.30. The number of nitrogens with zero attached hydrogens (tertiary/aromatic N) is 3. The Hall–Kier alpha value is -3.60. The van der Waals surface area contributed by atoms with Crippen LogP contribution in [0.2, 0.25) is 0 Å². The largest absolute Gasteiger partial charge is 0.372 e. The zero-order chi connectivity index (χ0) is 21.1. The maximum Gasteiger partial charge on any atom is 0.255 e. The minimum Gasteiger partial charge on any atom is -0.372 e. The number of aryl methyl sites for hydroxylation is 1. The molecule has 1 amide bonds. The number of fused-ring (bicyclic) bond motifs is 1. The van der Waals surface area contributed by atoms with E-state index in [0.717, 1.165) is 41.2 Å². The number of benzene rings is 2. The van der Waals surface area contributed by atoms with Gasteiger partial charge in [0.05, 0.1) is 5.69 Å². The number of hydrogen-bond acceptors (Lipinski definition) is 3. The van der Waals surface area contributed by atoms with E-state index in [1.165, 1.54) is 5.69 Å². The number of nitrogens with one attached hydrogen (secondary N) is 1. The number of hydrogen-bond donors (Lipinski definition) is 1. The van der Waals surface area contributed by atoms with Crippen LogP contribution in [0.25, 0.3) is 16.9 Å². The van der Waals surface area contributed by atoms with E-state index in [4.69, 9.17) is 0 Å². The van der Waals surface area contributed by atoms with Crippen LogP contribution < -0.4 is 10.2 Å². The summed E-state index contributed by atoms with van der Waals surface area (Å²) in [7, 11) is 0. The van der Waals surface area contributed by atoms with Gasteiger partial charge in [0.15, 0.2) is 0 Å². The molecule has 0 aliphatic heterocycles. The predicted molar refractivity (Wildman–Crippen MR) is 123 cm³/mol. The molecule has 5 heteroatoms. The maximum atomic E-state index is 12.9. The molecule has 2 aromatic heterocycles. The number of aromatic nitrogens is 2. The molecule has 0 saturated heterocycles. The lowest BCUT2D eigenvalue weighted by molar-refractivity contribution is 0.102. The van der Waals surface area contributed by atoms with Gasteiger partial charge in [0.1, 0.15) is 5.65 Å². The van der Waals surface area contributed by atoms with Crippen LogP contribution in [0.5, 0.6) is 0 Å². The van der Waals surface area contributed by atoms with Crippen molar-refractivity contribution in [3.8, 4) is 11.3 Å². The van der Waals surface area contributed by atoms with Gasteiger partial charge in [-0.25, -0.2) is 4.98 Å². The molecule has 2 heterocycles. The first-order valence-electron chi connectivity index (χ1n) is 10.3. The molecule has 0 fully saturated rings. The Balaban J connectivity index is 1.56. The summed E-state index contributed by atoms with van der Waals surface area (Å²) in [5.41, 5.74) is 6.30. The highest BCUT2D eigenvalue weighted by Crippen LogP contribution is 2.24. The van der Waals surface area contributed by atoms with Gasteiger partial charge in [-0.1, -0.05) is 30.3 Å². The molecule has 5 nitrogen and oxygen atoms in total. The molecule has 0 aliphatic carbocycles. The highest BCUT2D eigenvalue weighted by Gasteiger charge is 2.12. The second-order valence-corrected chi connectivity index (χ2v) is 7.30. The molecular weight excluding hydrogens is 372 g/mol. The fourth-order valence-electron chi connectivity index (χ4n) is 3.64. The van der Waals surface area contributed by atoms with Crippen LogP contribution in [0.15, 0.2) is 73.1 Å². The van der Waals surface area contributed by atoms with Crippen LogP contribution in [0.4, 0.5) is 11.4 Å². The zero-order valence-electron chi connectivity index (χ0n) is 17.6. The van der Waals surface area contributed by atoms with Crippen molar-refractivity contribution >= 4 is 22.9 Å². The van der Waals surface area contributed by atoms with Crippen LogP contribution >= 0.6 is 0 Å². The van der Waals surface area contributed by atoms with E-state index in [-0.39, 0.29) is 5.91 Å². The Bertz CT molecular complexity index is 1180. The summed E-state index contributed by atoms with van der Waals surface area (Å²) in [6, 6.07) is 19.8. The van der Waals surface area contributed by atoms with Crippen LogP contribution in [-0.4, -0.2) is 28.4 Å². The standard InChI is InChI=1S/C25H26N4O/c1-4-28(5-2)21-11-12-22(18(3)15-21)27-25(30)20-13-14-29-17-23(26-24(29)16-20)19-9-7-6-8-10-19/h6-17H,4-5H2,1-3H3,(H,27,30). The number of rotatable bonds is 6. The van der Waals surface area contributed by atoms with E-state index in [9.17, 15) is 4.79 Å². The molecule has 2 aromatic carbocycles. The smallest absolute Gasteiger partial charge is 0.255 e. The van der Waals surface area contributed by atoms with Crippen molar-refractivity contribution in [2.24, 2.45) is 0 Å². The molecule has 0 aliphatic rings. The van der Waals surface area contributed by atoms with Crippen LogP contribution in [0, 0.1) is 6.92 Å². The summed E-state index contributed by atoms with van der Waals surface area (Å²) >= 11 is 0. The first-order chi connectivity index (χ1) is 14.6. The summed E-state index contributed by atoms with van der Waals surface area (Å²) in [6.07, 6.45) is 3.85. The van der Waals surface area contributed by atoms with Crippen LogP contribution in [0.3, 0.4) is 0 Å². The van der Waals surface area contributed by atoms with Crippen molar-refractivity contribution < 1.29 is 4.79 Å². The summed E-state index contributed by atoms with van der Waals surface area (Å²) < 4.78 is 1.93. The van der Waals surface area contributed by atoms with E-state index in [1.54, 1.807) is 0 Å². The number of amides is 1. The first-order valence-corrected chi connectivity index (χ1v) is 10.3. The minimum atomic E-state index is -0.138. The average Bonchev–Trinajstić information content (AvgIpc) is 3.20. The molecule has 0 saturated carbocycles. The van der Waals surface area contributed by atoms with E-state index in [2.05, 4.69) is 41.2 Å². The summed E-state index contributed by atoms with van der Waals surface area (Å²) in [6.45, 7) is 8.22. The SMILES string of the molecule is CCN(CC)c1ccc(NC(=O)c2ccn3cc(-c4ccccc4)nc3c2)c(C)c1. The van der Waals surface area contributed by atoms with Crippen molar-refractivity contribution in [1.29, 1.82) is 0 Å². The molecule has 0 radical (unpaired) electrons. The van der Waals surface area contributed by atoms with Gasteiger partial charge in [-0.3, -0.25) is 4.79 Å². The van der Waals surface area contributed by atoms with Crippen molar-refractivity contribution in [2.45, 2.75) is 20.8 Å². The van der Waals surface area contributed by atoms with Gasteiger partial charge in [0.2, 0.25) is 0 Å². The molecule has 0 bridgehead atoms. The molecule has 1 N–H and O–H groups in total. The number of pyridine rings is 1. The zero-order valence-corrected chi connectivity index (χ0v) is 17.6. The average molecular weight is 399 g/mol. The fourth-order valence-corrected chi connectivity index (χ4v) is 3.64. The molecular formula is C25H26N4O. The lowest BCUT2D eigenvalue weighted by atomic mass is 10.1. The van der Waals surface area contributed by atoms with E-state index in [1.807, 2.05) is 72.2 Å². The second kappa shape index (κ2) is 8.41. The normalized spacial score (nSPS) is 10.9. The van der Waals surface area contributed by atoms with Crippen molar-refractivity contribution in [2.75, 3.05) is 23.3 Å². The van der Waals surface area contributed by atoms with Gasteiger partial charge in [-0.15, -0.1) is 0 Å². The Morgan fingerprint density at radius 2 is 1.80 bits per heavy atom. The van der Waals surface area contributed by atoms with Gasteiger partial charge in [0.25, 0.3) is 5.91 Å². The van der Waals surface area contributed by atoms with Crippen LogP contribution in [-0.2, 0) is 0 Å². The predicted octanol–water partition coefficient (Wildman–Crippen LogP) is 5.41. The molecule has 0 atom stereocenters. The maximum absolute atomic E-state index is 12.9. The molecule has 0 unspecified atom stereocenters. The highest BCUT2D eigenvalue weighted by atomic mass is 16.1. The number of carbonyl (C=O) groups is 1. The van der Waals surface area contributed by atoms with Gasteiger partial charge in [0, 0.05) is 48.0 Å². The third kappa shape index (κ3) is 3.92. The van der Waals surface area contributed by atoms with Gasteiger partial charge >= 0.3 is 0 Å². The van der Waals surface area contributed by atoms with E-state index in [0.29, 0.717) is 5.56 Å². The summed E-state index contributed by atoms with van der Waals surface area (Å²) in [5.74, 6) is -0.138. The monoisotopic (exact) mass is 398 g/mol. The number of anilines is 2. The van der Waals surface area contributed by atoms with Crippen LogP contribution in [0.1, 0.15) is 29.8 Å². The van der Waals surface area contributed by atoms with E-state index >= 15 is 0 Å². The Morgan fingerprint density at radius 3 is 2.50 bits per heavy atom. The summed E-state index contributed by atoms with van der Waals surface area (Å²) in [4.78, 5) is 19.8. The molecule has 152 valence electrons. The fraction of sp³-hybridized carbons (Fsp3) is 0.200. The Kier molecular flexibility index (Phi) is 5.53. The highest BCUT2D eigenvalue weighted by molar-refractivity contribution is 6.05. The number of imidazole rings is 1. The van der Waals surface area contributed by atoms with Gasteiger partial charge in [-0.05, 0) is 56.7 Å². The lowest BCUT2D eigenvalue weighted by Crippen LogP contribution is -2.22. The van der Waals surface area contributed by atoms with E-state index < -0.39 is 0 Å².